The van der Waals surface area contributed by atoms with Crippen LogP contribution in [-0.4, -0.2) is 54.9 Å². The second-order valence-corrected chi connectivity index (χ2v) is 7.93. The molecule has 1 aromatic heterocycles. The van der Waals surface area contributed by atoms with E-state index < -0.39 is 21.9 Å². The Hall–Kier alpha value is -2.52. The Kier molecular flexibility index (Phi) is 5.19. The first kappa shape index (κ1) is 18.3. The van der Waals surface area contributed by atoms with Crippen LogP contribution in [0.2, 0.25) is 0 Å². The Balaban J connectivity index is 1.76. The van der Waals surface area contributed by atoms with Crippen LogP contribution < -0.4 is 4.72 Å². The van der Waals surface area contributed by atoms with Gasteiger partial charge < -0.3 is 10.0 Å². The summed E-state index contributed by atoms with van der Waals surface area (Å²) < 4.78 is 27.9. The molecule has 2 N–H and O–H groups in total. The fourth-order valence-corrected chi connectivity index (χ4v) is 4.43. The number of benzene rings is 1. The monoisotopic (exact) mass is 377 g/mol. The Morgan fingerprint density at radius 2 is 2.15 bits per heavy atom. The van der Waals surface area contributed by atoms with Crippen molar-refractivity contribution >= 4 is 32.7 Å². The van der Waals surface area contributed by atoms with Crippen LogP contribution in [0.5, 0.6) is 0 Å². The number of aromatic nitrogens is 1. The highest BCUT2D eigenvalue weighted by atomic mass is 32.2. The first-order valence-corrected chi connectivity index (χ1v) is 9.70. The Morgan fingerprint density at radius 3 is 2.92 bits per heavy atom. The van der Waals surface area contributed by atoms with Crippen molar-refractivity contribution in [1.82, 2.24) is 14.6 Å². The zero-order valence-electron chi connectivity index (χ0n) is 14.0. The maximum atomic E-state index is 12.7. The molecule has 1 saturated heterocycles. The highest BCUT2D eigenvalue weighted by Crippen LogP contribution is 2.23. The number of sulfonamides is 1. The van der Waals surface area contributed by atoms with Crippen molar-refractivity contribution < 1.29 is 23.1 Å². The summed E-state index contributed by atoms with van der Waals surface area (Å²) >= 11 is 0. The summed E-state index contributed by atoms with van der Waals surface area (Å²) in [5.41, 5.74) is 0. The van der Waals surface area contributed by atoms with E-state index in [-0.39, 0.29) is 23.9 Å². The molecule has 1 unspecified atom stereocenters. The lowest BCUT2D eigenvalue weighted by Gasteiger charge is -2.31. The molecule has 0 aliphatic carbocycles. The molecule has 1 aromatic carbocycles. The predicted octanol–water partition coefficient (Wildman–Crippen LogP) is 0.836. The molecule has 1 fully saturated rings. The minimum absolute atomic E-state index is 0.0616. The number of rotatable bonds is 6. The third-order valence-electron chi connectivity index (χ3n) is 4.42. The van der Waals surface area contributed by atoms with E-state index in [1.807, 2.05) is 0 Å². The Bertz CT molecular complexity index is 939. The van der Waals surface area contributed by atoms with Gasteiger partial charge in [-0.25, -0.2) is 13.1 Å². The quantitative estimate of drug-likeness (QED) is 0.770. The first-order valence-electron chi connectivity index (χ1n) is 8.21. The molecule has 0 radical (unpaired) electrons. The fourth-order valence-electron chi connectivity index (χ4n) is 3.14. The van der Waals surface area contributed by atoms with Crippen molar-refractivity contribution in [1.29, 1.82) is 0 Å². The Morgan fingerprint density at radius 1 is 1.35 bits per heavy atom. The zero-order valence-corrected chi connectivity index (χ0v) is 14.8. The summed E-state index contributed by atoms with van der Waals surface area (Å²) in [6.45, 7) is -0.0472. The highest BCUT2D eigenvalue weighted by molar-refractivity contribution is 7.89. The molecule has 1 aliphatic heterocycles. The van der Waals surface area contributed by atoms with Crippen molar-refractivity contribution in [2.45, 2.75) is 17.7 Å². The summed E-state index contributed by atoms with van der Waals surface area (Å²) in [6.07, 6.45) is 4.24. The first-order chi connectivity index (χ1) is 12.4. The smallest absolute Gasteiger partial charge is 0.323 e. The van der Waals surface area contributed by atoms with Gasteiger partial charge in [0.15, 0.2) is 0 Å². The maximum Gasteiger partial charge on any atom is 0.323 e. The molecule has 0 spiro atoms. The number of carboxylic acids is 1. The standard InChI is InChI=1S/C17H19N3O5S/c21-16(22)11-20-8-2-4-13(17(20)23)9-19-26(24,25)15-5-1-3-12-6-7-18-10-14(12)15/h1,3,5-7,10,13,19H,2,4,8-9,11H2,(H,21,22). The van der Waals surface area contributed by atoms with Gasteiger partial charge in [0.2, 0.25) is 15.9 Å². The molecule has 0 bridgehead atoms. The number of hydrogen-bond acceptors (Lipinski definition) is 5. The van der Waals surface area contributed by atoms with E-state index in [0.717, 1.165) is 5.39 Å². The van der Waals surface area contributed by atoms with Gasteiger partial charge in [0.05, 0.1) is 10.8 Å². The van der Waals surface area contributed by atoms with Crippen LogP contribution in [0.15, 0.2) is 41.6 Å². The molecule has 1 amide bonds. The van der Waals surface area contributed by atoms with Gasteiger partial charge in [0.25, 0.3) is 0 Å². The van der Waals surface area contributed by atoms with E-state index in [1.165, 1.54) is 17.2 Å². The maximum absolute atomic E-state index is 12.7. The number of fused-ring (bicyclic) bond motifs is 1. The number of pyridine rings is 1. The van der Waals surface area contributed by atoms with Crippen LogP contribution in [0.1, 0.15) is 12.8 Å². The lowest BCUT2D eigenvalue weighted by Crippen LogP contribution is -2.47. The van der Waals surface area contributed by atoms with Crippen LogP contribution >= 0.6 is 0 Å². The van der Waals surface area contributed by atoms with E-state index in [2.05, 4.69) is 9.71 Å². The van der Waals surface area contributed by atoms with Crippen molar-refractivity contribution in [3.05, 3.63) is 36.7 Å². The molecular weight excluding hydrogens is 358 g/mol. The van der Waals surface area contributed by atoms with Gasteiger partial charge >= 0.3 is 5.97 Å². The number of carboxylic acid groups (broad SMARTS) is 1. The zero-order chi connectivity index (χ0) is 18.7. The number of aliphatic carboxylic acids is 1. The number of carbonyl (C=O) groups is 2. The second-order valence-electron chi connectivity index (χ2n) is 6.20. The van der Waals surface area contributed by atoms with E-state index in [4.69, 9.17) is 5.11 Å². The molecule has 1 aliphatic rings. The number of hydrogen-bond donors (Lipinski definition) is 2. The van der Waals surface area contributed by atoms with Gasteiger partial charge in [0.1, 0.15) is 6.54 Å². The van der Waals surface area contributed by atoms with Crippen LogP contribution in [0.4, 0.5) is 0 Å². The second kappa shape index (κ2) is 7.38. The van der Waals surface area contributed by atoms with Crippen molar-refractivity contribution in [3.8, 4) is 0 Å². The molecule has 0 saturated carbocycles. The van der Waals surface area contributed by atoms with E-state index in [1.54, 1.807) is 24.4 Å². The van der Waals surface area contributed by atoms with Gasteiger partial charge in [-0.05, 0) is 30.4 Å². The van der Waals surface area contributed by atoms with Crippen molar-refractivity contribution in [3.63, 3.8) is 0 Å². The Labute approximate surface area is 150 Å². The predicted molar refractivity (Wildman–Crippen MR) is 93.9 cm³/mol. The van der Waals surface area contributed by atoms with Gasteiger partial charge in [-0.3, -0.25) is 14.6 Å². The third-order valence-corrected chi connectivity index (χ3v) is 5.90. The number of carbonyl (C=O) groups excluding carboxylic acids is 1. The van der Waals surface area contributed by atoms with Gasteiger partial charge in [-0.2, -0.15) is 0 Å². The number of piperidine rings is 1. The van der Waals surface area contributed by atoms with Gasteiger partial charge in [-0.1, -0.05) is 12.1 Å². The molecule has 26 heavy (non-hydrogen) atoms. The lowest BCUT2D eigenvalue weighted by atomic mass is 9.97. The average molecular weight is 377 g/mol. The summed E-state index contributed by atoms with van der Waals surface area (Å²) in [5, 5.41) is 10.1. The van der Waals surface area contributed by atoms with E-state index >= 15 is 0 Å². The third kappa shape index (κ3) is 3.83. The van der Waals surface area contributed by atoms with Gasteiger partial charge in [-0.15, -0.1) is 0 Å². The van der Waals surface area contributed by atoms with Crippen LogP contribution in [0.3, 0.4) is 0 Å². The number of likely N-dealkylation sites (tertiary alicyclic amines) is 1. The van der Waals surface area contributed by atoms with E-state index in [0.29, 0.717) is 24.8 Å². The summed E-state index contributed by atoms with van der Waals surface area (Å²) in [6, 6.07) is 6.66. The highest BCUT2D eigenvalue weighted by Gasteiger charge is 2.31. The van der Waals surface area contributed by atoms with Gasteiger partial charge in [0, 0.05) is 30.9 Å². The number of nitrogens with zero attached hydrogens (tertiary/aromatic N) is 2. The molecular formula is C17H19N3O5S. The number of nitrogens with one attached hydrogen (secondary N) is 1. The summed E-state index contributed by atoms with van der Waals surface area (Å²) in [7, 11) is -3.83. The van der Waals surface area contributed by atoms with Crippen LogP contribution in [-0.2, 0) is 19.6 Å². The average Bonchev–Trinajstić information content (AvgIpc) is 2.61. The SMILES string of the molecule is O=C(O)CN1CCCC(CNS(=O)(=O)c2cccc3ccncc23)C1=O. The van der Waals surface area contributed by atoms with Crippen LogP contribution in [0.25, 0.3) is 10.8 Å². The van der Waals surface area contributed by atoms with Crippen molar-refractivity contribution in [2.24, 2.45) is 5.92 Å². The molecule has 2 aromatic rings. The topological polar surface area (TPSA) is 117 Å². The molecule has 2 heterocycles. The molecule has 9 heteroatoms. The molecule has 8 nitrogen and oxygen atoms in total. The molecule has 3 rings (SSSR count). The normalized spacial score (nSPS) is 18.2. The van der Waals surface area contributed by atoms with Crippen LogP contribution in [0, 0.1) is 5.92 Å². The summed E-state index contributed by atoms with van der Waals surface area (Å²) in [4.78, 5) is 28.5. The lowest BCUT2D eigenvalue weighted by molar-refractivity contribution is -0.148. The van der Waals surface area contributed by atoms with Crippen molar-refractivity contribution in [2.75, 3.05) is 19.6 Å². The van der Waals surface area contributed by atoms with E-state index in [9.17, 15) is 18.0 Å². The summed E-state index contributed by atoms with van der Waals surface area (Å²) in [5.74, 6) is -1.98. The number of amides is 1. The fraction of sp³-hybridized carbons (Fsp3) is 0.353. The minimum atomic E-state index is -3.83. The largest absolute Gasteiger partial charge is 0.480 e. The molecule has 1 atom stereocenters. The minimum Gasteiger partial charge on any atom is -0.480 e. The molecule has 138 valence electrons.